The first-order chi connectivity index (χ1) is 9.02. The molecule has 1 unspecified atom stereocenters. The number of urea groups is 1. The molecule has 5 nitrogen and oxygen atoms in total. The average Bonchev–Trinajstić information content (AvgIpc) is 2.38. The van der Waals surface area contributed by atoms with Gasteiger partial charge in [0.2, 0.25) is 0 Å². The summed E-state index contributed by atoms with van der Waals surface area (Å²) >= 11 is 0. The van der Waals surface area contributed by atoms with Crippen LogP contribution in [-0.2, 0) is 4.79 Å². The first-order valence-corrected chi connectivity index (χ1v) is 6.74. The number of amides is 2. The second-order valence-electron chi connectivity index (χ2n) is 5.08. The average molecular weight is 266 g/mol. The third kappa shape index (κ3) is 3.88. The molecule has 2 amide bonds. The summed E-state index contributed by atoms with van der Waals surface area (Å²) in [6, 6.07) is -0.287. The Morgan fingerprint density at radius 1 is 1.42 bits per heavy atom. The van der Waals surface area contributed by atoms with Gasteiger partial charge in [-0.3, -0.25) is 0 Å². The molecule has 1 atom stereocenters. The van der Waals surface area contributed by atoms with Crippen LogP contribution >= 0.6 is 0 Å². The molecule has 0 aliphatic carbocycles. The maximum atomic E-state index is 12.1. The van der Waals surface area contributed by atoms with E-state index in [1.807, 2.05) is 0 Å². The van der Waals surface area contributed by atoms with Gasteiger partial charge in [-0.2, -0.15) is 0 Å². The topological polar surface area (TPSA) is 69.6 Å². The van der Waals surface area contributed by atoms with Gasteiger partial charge >= 0.3 is 12.0 Å². The molecule has 1 rings (SSSR count). The van der Waals surface area contributed by atoms with Gasteiger partial charge in [0.25, 0.3) is 0 Å². The first kappa shape index (κ1) is 15.4. The van der Waals surface area contributed by atoms with Crippen LogP contribution in [0.2, 0.25) is 0 Å². The van der Waals surface area contributed by atoms with Crippen molar-refractivity contribution in [2.75, 3.05) is 13.1 Å². The van der Waals surface area contributed by atoms with E-state index >= 15 is 0 Å². The van der Waals surface area contributed by atoms with Gasteiger partial charge in [0.05, 0.1) is 0 Å². The number of aliphatic carboxylic acids is 1. The van der Waals surface area contributed by atoms with Gasteiger partial charge in [-0.05, 0) is 39.0 Å². The number of carbonyl (C=O) groups excluding carboxylic acids is 1. The van der Waals surface area contributed by atoms with Crippen LogP contribution in [0.15, 0.2) is 0 Å². The van der Waals surface area contributed by atoms with E-state index < -0.39 is 11.5 Å². The van der Waals surface area contributed by atoms with Gasteiger partial charge in [-0.25, -0.2) is 9.59 Å². The zero-order chi connectivity index (χ0) is 14.3. The lowest BCUT2D eigenvalue weighted by Crippen LogP contribution is -2.60. The molecule has 1 aliphatic heterocycles. The second-order valence-corrected chi connectivity index (χ2v) is 5.08. The van der Waals surface area contributed by atoms with E-state index in [1.54, 1.807) is 6.92 Å². The van der Waals surface area contributed by atoms with Gasteiger partial charge in [-0.15, -0.1) is 12.3 Å². The predicted octanol–water partition coefficient (Wildman–Crippen LogP) is 1.83. The lowest BCUT2D eigenvalue weighted by atomic mass is 9.89. The van der Waals surface area contributed by atoms with Crippen LogP contribution in [0.1, 0.15) is 45.4 Å². The summed E-state index contributed by atoms with van der Waals surface area (Å²) in [6.07, 6.45) is 9.73. The maximum Gasteiger partial charge on any atom is 0.329 e. The number of piperidine rings is 1. The number of nitrogens with zero attached hydrogens (tertiary/aromatic N) is 1. The smallest absolute Gasteiger partial charge is 0.329 e. The minimum Gasteiger partial charge on any atom is -0.480 e. The molecule has 1 saturated heterocycles. The van der Waals surface area contributed by atoms with Crippen LogP contribution in [0.4, 0.5) is 4.79 Å². The van der Waals surface area contributed by atoms with Crippen LogP contribution in [0.5, 0.6) is 0 Å². The highest BCUT2D eigenvalue weighted by molar-refractivity contribution is 5.86. The monoisotopic (exact) mass is 266 g/mol. The minimum atomic E-state index is -1.08. The Hall–Kier alpha value is -1.70. The molecule has 1 fully saturated rings. The van der Waals surface area contributed by atoms with Gasteiger partial charge < -0.3 is 15.3 Å². The molecule has 0 aromatic heterocycles. The molecule has 0 aromatic carbocycles. The zero-order valence-corrected chi connectivity index (χ0v) is 11.4. The number of unbranched alkanes of at least 4 members (excludes halogenated alkanes) is 2. The fourth-order valence-electron chi connectivity index (χ4n) is 2.31. The van der Waals surface area contributed by atoms with Crippen LogP contribution in [0.3, 0.4) is 0 Å². The molecule has 0 saturated carbocycles. The van der Waals surface area contributed by atoms with E-state index in [4.69, 9.17) is 6.42 Å². The van der Waals surface area contributed by atoms with Crippen LogP contribution < -0.4 is 5.32 Å². The number of hydrogen-bond donors (Lipinski definition) is 2. The number of carboxylic acid groups (broad SMARTS) is 1. The molecule has 0 spiro atoms. The molecule has 1 aliphatic rings. The Bertz CT molecular complexity index is 375. The van der Waals surface area contributed by atoms with E-state index in [1.165, 1.54) is 4.90 Å². The van der Waals surface area contributed by atoms with E-state index in [0.717, 1.165) is 25.7 Å². The molecule has 19 heavy (non-hydrogen) atoms. The first-order valence-electron chi connectivity index (χ1n) is 6.74. The summed E-state index contributed by atoms with van der Waals surface area (Å²) in [4.78, 5) is 24.9. The Morgan fingerprint density at radius 3 is 2.79 bits per heavy atom. The lowest BCUT2D eigenvalue weighted by Gasteiger charge is -2.41. The van der Waals surface area contributed by atoms with Crippen molar-refractivity contribution in [1.29, 1.82) is 0 Å². The van der Waals surface area contributed by atoms with Crippen LogP contribution in [-0.4, -0.2) is 40.6 Å². The second kappa shape index (κ2) is 7.03. The fraction of sp³-hybridized carbons (Fsp3) is 0.714. The summed E-state index contributed by atoms with van der Waals surface area (Å²) in [7, 11) is 0. The van der Waals surface area contributed by atoms with Gasteiger partial charge in [-0.1, -0.05) is 0 Å². The lowest BCUT2D eigenvalue weighted by molar-refractivity contribution is -0.150. The third-order valence-electron chi connectivity index (χ3n) is 3.62. The van der Waals surface area contributed by atoms with Gasteiger partial charge in [0.15, 0.2) is 0 Å². The largest absolute Gasteiger partial charge is 0.480 e. The van der Waals surface area contributed by atoms with Crippen LogP contribution in [0, 0.1) is 12.3 Å². The Balaban J connectivity index is 2.49. The van der Waals surface area contributed by atoms with Gasteiger partial charge in [0, 0.05) is 19.5 Å². The van der Waals surface area contributed by atoms with Crippen LogP contribution in [0.25, 0.3) is 0 Å². The number of carbonyl (C=O) groups is 2. The molecule has 0 radical (unpaired) electrons. The van der Waals surface area contributed by atoms with Gasteiger partial charge in [0.1, 0.15) is 5.54 Å². The number of nitrogens with one attached hydrogen (secondary N) is 1. The highest BCUT2D eigenvalue weighted by Gasteiger charge is 2.43. The highest BCUT2D eigenvalue weighted by Crippen LogP contribution is 2.28. The standard InChI is InChI=1S/C14H22N2O3/c1-3-4-5-7-10-15-13(19)16-11-8-6-9-14(16,2)12(17)18/h1H,4-11H2,2H3,(H,15,19)(H,17,18). The maximum absolute atomic E-state index is 12.1. The van der Waals surface area contributed by atoms with E-state index in [0.29, 0.717) is 25.9 Å². The minimum absolute atomic E-state index is 0.287. The molecule has 5 heteroatoms. The van der Waals surface area contributed by atoms with Crippen molar-refractivity contribution in [3.63, 3.8) is 0 Å². The zero-order valence-electron chi connectivity index (χ0n) is 11.4. The van der Waals surface area contributed by atoms with Crippen molar-refractivity contribution < 1.29 is 14.7 Å². The molecular formula is C14H22N2O3. The molecule has 0 bridgehead atoms. The van der Waals surface area contributed by atoms with Crippen molar-refractivity contribution in [3.8, 4) is 12.3 Å². The van der Waals surface area contributed by atoms with Crippen molar-refractivity contribution in [2.24, 2.45) is 0 Å². The summed E-state index contributed by atoms with van der Waals surface area (Å²) in [5.41, 5.74) is -1.08. The fourth-order valence-corrected chi connectivity index (χ4v) is 2.31. The quantitative estimate of drug-likeness (QED) is 0.589. The number of carboxylic acids is 1. The third-order valence-corrected chi connectivity index (χ3v) is 3.62. The number of hydrogen-bond acceptors (Lipinski definition) is 2. The van der Waals surface area contributed by atoms with Crippen molar-refractivity contribution in [3.05, 3.63) is 0 Å². The Morgan fingerprint density at radius 2 is 2.16 bits per heavy atom. The Kier molecular flexibility index (Phi) is 5.68. The van der Waals surface area contributed by atoms with E-state index in [-0.39, 0.29) is 6.03 Å². The molecule has 2 N–H and O–H groups in total. The van der Waals surface area contributed by atoms with E-state index in [2.05, 4.69) is 11.2 Å². The summed E-state index contributed by atoms with van der Waals surface area (Å²) in [5, 5.41) is 12.1. The summed E-state index contributed by atoms with van der Waals surface area (Å²) in [6.45, 7) is 2.65. The van der Waals surface area contributed by atoms with E-state index in [9.17, 15) is 14.7 Å². The summed E-state index contributed by atoms with van der Waals surface area (Å²) in [5.74, 6) is 1.61. The number of terminal acetylenes is 1. The predicted molar refractivity (Wildman–Crippen MR) is 72.7 cm³/mol. The molecular weight excluding hydrogens is 244 g/mol. The van der Waals surface area contributed by atoms with Crippen molar-refractivity contribution in [1.82, 2.24) is 10.2 Å². The Labute approximate surface area is 114 Å². The highest BCUT2D eigenvalue weighted by atomic mass is 16.4. The normalized spacial score (nSPS) is 22.6. The molecule has 106 valence electrons. The van der Waals surface area contributed by atoms with Crippen molar-refractivity contribution >= 4 is 12.0 Å². The SMILES string of the molecule is C#CCCCCNC(=O)N1CCCCC1(C)C(=O)O. The molecule has 1 heterocycles. The van der Waals surface area contributed by atoms with Crippen molar-refractivity contribution in [2.45, 2.75) is 51.0 Å². The number of likely N-dealkylation sites (tertiary alicyclic amines) is 1. The number of rotatable bonds is 5. The molecule has 0 aromatic rings. The summed E-state index contributed by atoms with van der Waals surface area (Å²) < 4.78 is 0.